The highest BCUT2D eigenvalue weighted by Crippen LogP contribution is 2.42. The maximum Gasteiger partial charge on any atom is 0.522 e. The van der Waals surface area contributed by atoms with Crippen molar-refractivity contribution in [2.45, 2.75) is 102 Å². The first-order valence-electron chi connectivity index (χ1n) is 10.8. The Balaban J connectivity index is 0.00000300. The molecule has 30 heavy (non-hydrogen) atoms. The number of hydrogen-bond acceptors (Lipinski definition) is 3. The van der Waals surface area contributed by atoms with Crippen LogP contribution in [-0.2, 0) is 14.3 Å². The van der Waals surface area contributed by atoms with E-state index in [0.717, 1.165) is 25.2 Å². The van der Waals surface area contributed by atoms with E-state index < -0.39 is 36.6 Å². The lowest BCUT2D eigenvalue weighted by Crippen LogP contribution is -2.38. The van der Waals surface area contributed by atoms with Crippen LogP contribution in [0, 0.1) is 23.7 Å². The highest BCUT2D eigenvalue weighted by atomic mass is 19.4. The SMILES string of the molecule is CC1CCC(C2CCC(C(=O)OC3CCC(OC(F)(F)F)CC3)C(F)C2)CC1.O.O.[HH]. The smallest absolute Gasteiger partial charge is 0.462 e. The standard InChI is InChI=1S/C21H32F4O3.2H2O.H2/c1-13-2-4-14(5-3-13)15-6-11-18(19(22)12-15)20(26)27-16-7-9-17(10-8-16)28-21(23,24)25;;;/h13-19H,2-12H2,1H3;2*1H2;1H. The van der Waals surface area contributed by atoms with Gasteiger partial charge in [-0.15, -0.1) is 13.2 Å². The van der Waals surface area contributed by atoms with Gasteiger partial charge in [0.2, 0.25) is 0 Å². The van der Waals surface area contributed by atoms with Crippen LogP contribution in [0.5, 0.6) is 0 Å². The molecule has 3 fully saturated rings. The molecule has 0 aliphatic heterocycles. The number of carbonyl (C=O) groups excluding carboxylic acids is 1. The number of hydrogen-bond donors (Lipinski definition) is 0. The molecule has 0 aromatic carbocycles. The molecule has 0 aromatic heterocycles. The molecule has 3 unspecified atom stereocenters. The van der Waals surface area contributed by atoms with Gasteiger partial charge in [-0.3, -0.25) is 9.53 Å². The van der Waals surface area contributed by atoms with E-state index in [1.807, 2.05) is 0 Å². The van der Waals surface area contributed by atoms with Crippen LogP contribution in [0.2, 0.25) is 0 Å². The Morgan fingerprint density at radius 2 is 1.37 bits per heavy atom. The van der Waals surface area contributed by atoms with Gasteiger partial charge in [-0.05, 0) is 75.5 Å². The number of alkyl halides is 4. The second-order valence-corrected chi connectivity index (χ2v) is 9.11. The molecule has 9 heteroatoms. The molecule has 0 spiro atoms. The lowest BCUT2D eigenvalue weighted by Gasteiger charge is -2.38. The van der Waals surface area contributed by atoms with Gasteiger partial charge in [0.15, 0.2) is 0 Å². The highest BCUT2D eigenvalue weighted by Gasteiger charge is 2.41. The zero-order valence-electron chi connectivity index (χ0n) is 17.6. The van der Waals surface area contributed by atoms with E-state index >= 15 is 0 Å². The van der Waals surface area contributed by atoms with Gasteiger partial charge in [0.1, 0.15) is 12.3 Å². The van der Waals surface area contributed by atoms with Crippen LogP contribution in [0.4, 0.5) is 17.6 Å². The quantitative estimate of drug-likeness (QED) is 0.468. The van der Waals surface area contributed by atoms with E-state index in [9.17, 15) is 22.4 Å². The van der Waals surface area contributed by atoms with Crippen molar-refractivity contribution < 1.29 is 44.2 Å². The third-order valence-electron chi connectivity index (χ3n) is 7.05. The Bertz CT molecular complexity index is 520. The summed E-state index contributed by atoms with van der Waals surface area (Å²) in [7, 11) is 0. The number of esters is 1. The minimum Gasteiger partial charge on any atom is -0.462 e. The van der Waals surface area contributed by atoms with Gasteiger partial charge in [-0.25, -0.2) is 4.39 Å². The predicted molar refractivity (Wildman–Crippen MR) is 105 cm³/mol. The number of rotatable bonds is 4. The Morgan fingerprint density at radius 3 is 1.90 bits per heavy atom. The molecule has 3 aliphatic rings. The topological polar surface area (TPSA) is 98.5 Å². The molecule has 3 aliphatic carbocycles. The van der Waals surface area contributed by atoms with Crippen molar-refractivity contribution in [1.29, 1.82) is 0 Å². The summed E-state index contributed by atoms with van der Waals surface area (Å²) in [5.74, 6) is 0.475. The Hall–Kier alpha value is -0.930. The Morgan fingerprint density at radius 1 is 0.833 bits per heavy atom. The normalized spacial score (nSPS) is 37.4. The highest BCUT2D eigenvalue weighted by molar-refractivity contribution is 5.73. The first-order valence-corrected chi connectivity index (χ1v) is 10.8. The fraction of sp³-hybridized carbons (Fsp3) is 0.952. The summed E-state index contributed by atoms with van der Waals surface area (Å²) in [6.07, 6.45) is 0.524. The fourth-order valence-corrected chi connectivity index (χ4v) is 5.31. The number of carbonyl (C=O) groups is 1. The summed E-state index contributed by atoms with van der Waals surface area (Å²) in [6.45, 7) is 2.27. The van der Waals surface area contributed by atoms with E-state index in [1.165, 1.54) is 12.8 Å². The monoisotopic (exact) mass is 446 g/mol. The summed E-state index contributed by atoms with van der Waals surface area (Å²) in [5.41, 5.74) is 0. The van der Waals surface area contributed by atoms with Crippen molar-refractivity contribution in [1.82, 2.24) is 0 Å². The van der Waals surface area contributed by atoms with Crippen molar-refractivity contribution in [2.24, 2.45) is 23.7 Å². The van der Waals surface area contributed by atoms with Gasteiger partial charge in [0.25, 0.3) is 0 Å². The maximum atomic E-state index is 14.7. The van der Waals surface area contributed by atoms with Crippen LogP contribution in [0.15, 0.2) is 0 Å². The van der Waals surface area contributed by atoms with Crippen molar-refractivity contribution in [3.8, 4) is 0 Å². The molecule has 0 saturated heterocycles. The molecule has 0 radical (unpaired) electrons. The van der Waals surface area contributed by atoms with Crippen LogP contribution in [-0.4, -0.2) is 41.7 Å². The lowest BCUT2D eigenvalue weighted by atomic mass is 9.69. The third-order valence-corrected chi connectivity index (χ3v) is 7.05. The first-order chi connectivity index (χ1) is 13.2. The Labute approximate surface area is 177 Å². The molecular weight excluding hydrogens is 408 g/mol. The summed E-state index contributed by atoms with van der Waals surface area (Å²) < 4.78 is 61.0. The van der Waals surface area contributed by atoms with E-state index in [1.54, 1.807) is 0 Å². The van der Waals surface area contributed by atoms with Gasteiger partial charge in [0.05, 0.1) is 12.0 Å². The lowest BCUT2D eigenvalue weighted by molar-refractivity contribution is -0.346. The largest absolute Gasteiger partial charge is 0.522 e. The minimum absolute atomic E-state index is 0. The first kappa shape index (κ1) is 27.1. The van der Waals surface area contributed by atoms with Crippen molar-refractivity contribution >= 4 is 5.97 Å². The van der Waals surface area contributed by atoms with Crippen LogP contribution in [0.25, 0.3) is 0 Å². The van der Waals surface area contributed by atoms with Crippen LogP contribution < -0.4 is 0 Å². The zero-order valence-corrected chi connectivity index (χ0v) is 17.6. The predicted octanol–water partition coefficient (Wildman–Crippen LogP) is 4.55. The zero-order chi connectivity index (χ0) is 20.3. The van der Waals surface area contributed by atoms with E-state index in [4.69, 9.17) is 4.74 Å². The van der Waals surface area contributed by atoms with Gasteiger partial charge in [0, 0.05) is 1.43 Å². The van der Waals surface area contributed by atoms with Crippen LogP contribution in [0.1, 0.15) is 79.0 Å². The summed E-state index contributed by atoms with van der Waals surface area (Å²) in [4.78, 5) is 12.4. The molecule has 0 heterocycles. The molecule has 0 bridgehead atoms. The second-order valence-electron chi connectivity index (χ2n) is 9.11. The molecule has 3 atom stereocenters. The molecular formula is C21H38F4O5. The molecule has 5 nitrogen and oxygen atoms in total. The molecule has 3 rings (SSSR count). The van der Waals surface area contributed by atoms with Gasteiger partial charge in [-0.2, -0.15) is 0 Å². The number of halogens is 4. The van der Waals surface area contributed by atoms with E-state index in [0.29, 0.717) is 37.5 Å². The van der Waals surface area contributed by atoms with Crippen LogP contribution in [0.3, 0.4) is 0 Å². The average molecular weight is 447 g/mol. The van der Waals surface area contributed by atoms with Crippen molar-refractivity contribution in [3.05, 3.63) is 0 Å². The average Bonchev–Trinajstić information content (AvgIpc) is 2.62. The van der Waals surface area contributed by atoms with Crippen molar-refractivity contribution in [2.75, 3.05) is 0 Å². The molecule has 180 valence electrons. The van der Waals surface area contributed by atoms with Crippen LogP contribution >= 0.6 is 0 Å². The summed E-state index contributed by atoms with van der Waals surface area (Å²) in [5, 5.41) is 0. The number of ether oxygens (including phenoxy) is 2. The second kappa shape index (κ2) is 11.6. The fourth-order valence-electron chi connectivity index (χ4n) is 5.31. The maximum absolute atomic E-state index is 14.7. The Kier molecular flexibility index (Phi) is 10.5. The molecule has 3 saturated carbocycles. The molecule has 0 amide bonds. The van der Waals surface area contributed by atoms with Gasteiger partial charge < -0.3 is 15.7 Å². The molecule has 0 aromatic rings. The summed E-state index contributed by atoms with van der Waals surface area (Å²) >= 11 is 0. The third kappa shape index (κ3) is 7.64. The van der Waals surface area contributed by atoms with Gasteiger partial charge in [-0.1, -0.05) is 19.8 Å². The minimum atomic E-state index is -4.63. The van der Waals surface area contributed by atoms with Gasteiger partial charge >= 0.3 is 12.3 Å². The summed E-state index contributed by atoms with van der Waals surface area (Å²) in [6, 6.07) is 0. The molecule has 4 N–H and O–H groups in total. The van der Waals surface area contributed by atoms with Crippen molar-refractivity contribution in [3.63, 3.8) is 0 Å². The van der Waals surface area contributed by atoms with E-state index in [2.05, 4.69) is 11.7 Å². The van der Waals surface area contributed by atoms with E-state index in [-0.39, 0.29) is 25.2 Å².